The highest BCUT2D eigenvalue weighted by molar-refractivity contribution is 6.32. The van der Waals surface area contributed by atoms with Gasteiger partial charge in [-0.05, 0) is 43.5 Å². The predicted molar refractivity (Wildman–Crippen MR) is 82.0 cm³/mol. The molecule has 0 aliphatic heterocycles. The number of anilines is 1. The maximum Gasteiger partial charge on any atom is 0.227 e. The molecule has 0 saturated carbocycles. The lowest BCUT2D eigenvalue weighted by atomic mass is 10.1. The van der Waals surface area contributed by atoms with Crippen LogP contribution in [0.5, 0.6) is 11.6 Å². The lowest BCUT2D eigenvalue weighted by Crippen LogP contribution is -2.02. The number of nitrogens with one attached hydrogen (secondary N) is 1. The van der Waals surface area contributed by atoms with Gasteiger partial charge >= 0.3 is 0 Å². The van der Waals surface area contributed by atoms with Gasteiger partial charge in [0.05, 0.1) is 5.56 Å². The van der Waals surface area contributed by atoms with Gasteiger partial charge in [0.1, 0.15) is 17.9 Å². The molecule has 0 atom stereocenters. The molecule has 0 saturated heterocycles. The summed E-state index contributed by atoms with van der Waals surface area (Å²) in [5, 5.41) is 3.82. The molecule has 1 aromatic heterocycles. The van der Waals surface area contributed by atoms with Crippen molar-refractivity contribution in [1.29, 1.82) is 0 Å². The molecule has 5 heteroatoms. The summed E-state index contributed by atoms with van der Waals surface area (Å²) < 4.78 is 5.91. The van der Waals surface area contributed by atoms with Crippen LogP contribution in [0.2, 0.25) is 5.02 Å². The number of nitrogens with zero attached hydrogens (tertiary/aromatic N) is 2. The third-order valence-electron chi connectivity index (χ3n) is 3.12. The molecule has 0 bridgehead atoms. The summed E-state index contributed by atoms with van der Waals surface area (Å²) in [7, 11) is 1.84. The van der Waals surface area contributed by atoms with E-state index in [1.54, 1.807) is 0 Å². The van der Waals surface area contributed by atoms with E-state index >= 15 is 0 Å². The molecule has 1 N–H and O–H groups in total. The lowest BCUT2D eigenvalue weighted by molar-refractivity contribution is 0.455. The third-order valence-corrected chi connectivity index (χ3v) is 3.72. The van der Waals surface area contributed by atoms with E-state index in [2.05, 4.69) is 15.3 Å². The van der Waals surface area contributed by atoms with Gasteiger partial charge in [-0.3, -0.25) is 0 Å². The summed E-state index contributed by atoms with van der Waals surface area (Å²) in [6, 6.07) is 3.83. The Morgan fingerprint density at radius 2 is 1.85 bits per heavy atom. The summed E-state index contributed by atoms with van der Waals surface area (Å²) in [6.45, 7) is 5.97. The third kappa shape index (κ3) is 2.85. The molecule has 0 aliphatic rings. The summed E-state index contributed by atoms with van der Waals surface area (Å²) in [4.78, 5) is 8.43. The fourth-order valence-corrected chi connectivity index (χ4v) is 2.20. The van der Waals surface area contributed by atoms with E-state index in [0.717, 1.165) is 39.7 Å². The van der Waals surface area contributed by atoms with Crippen molar-refractivity contribution in [2.24, 2.45) is 0 Å². The first kappa shape index (κ1) is 14.6. The number of aryl methyl sites for hydroxylation is 2. The fraction of sp³-hybridized carbons (Fsp3) is 0.333. The molecule has 2 rings (SSSR count). The van der Waals surface area contributed by atoms with E-state index in [1.165, 1.54) is 6.33 Å². The molecule has 0 spiro atoms. The van der Waals surface area contributed by atoms with Crippen molar-refractivity contribution in [2.75, 3.05) is 12.4 Å². The average Bonchev–Trinajstić information content (AvgIpc) is 2.44. The molecular formula is C15H18ClN3O. The Balaban J connectivity index is 2.40. The van der Waals surface area contributed by atoms with Gasteiger partial charge in [0.2, 0.25) is 5.88 Å². The number of hydrogen-bond donors (Lipinski definition) is 1. The van der Waals surface area contributed by atoms with Crippen LogP contribution in [-0.4, -0.2) is 17.0 Å². The summed E-state index contributed by atoms with van der Waals surface area (Å²) >= 11 is 6.17. The second kappa shape index (κ2) is 6.09. The highest BCUT2D eigenvalue weighted by atomic mass is 35.5. The Morgan fingerprint density at radius 3 is 2.40 bits per heavy atom. The summed E-state index contributed by atoms with van der Waals surface area (Å²) in [6.07, 6.45) is 2.29. The minimum Gasteiger partial charge on any atom is -0.439 e. The second-order valence-corrected chi connectivity index (χ2v) is 4.96. The van der Waals surface area contributed by atoms with Gasteiger partial charge in [-0.1, -0.05) is 18.5 Å². The summed E-state index contributed by atoms with van der Waals surface area (Å²) in [5.41, 5.74) is 2.94. The van der Waals surface area contributed by atoms with E-state index in [1.807, 2.05) is 40.0 Å². The number of benzene rings is 1. The molecule has 1 aromatic carbocycles. The Labute approximate surface area is 124 Å². The minimum absolute atomic E-state index is 0.577. The lowest BCUT2D eigenvalue weighted by Gasteiger charge is -2.13. The van der Waals surface area contributed by atoms with E-state index in [-0.39, 0.29) is 0 Å². The second-order valence-electron chi connectivity index (χ2n) is 4.58. The molecular weight excluding hydrogens is 274 g/mol. The Bertz CT molecular complexity index is 606. The molecule has 2 aromatic rings. The van der Waals surface area contributed by atoms with E-state index < -0.39 is 0 Å². The van der Waals surface area contributed by atoms with Crippen molar-refractivity contribution in [3.8, 4) is 11.6 Å². The molecule has 1 heterocycles. The van der Waals surface area contributed by atoms with Gasteiger partial charge in [-0.15, -0.1) is 0 Å². The molecule has 0 amide bonds. The van der Waals surface area contributed by atoms with Crippen molar-refractivity contribution in [2.45, 2.75) is 27.2 Å². The first-order valence-electron chi connectivity index (χ1n) is 6.53. The highest BCUT2D eigenvalue weighted by Crippen LogP contribution is 2.31. The topological polar surface area (TPSA) is 47.0 Å². The number of ether oxygens (including phenoxy) is 1. The average molecular weight is 292 g/mol. The van der Waals surface area contributed by atoms with Crippen LogP contribution in [0, 0.1) is 13.8 Å². The summed E-state index contributed by atoms with van der Waals surface area (Å²) in [5.74, 6) is 2.10. The van der Waals surface area contributed by atoms with Crippen LogP contribution < -0.4 is 10.1 Å². The van der Waals surface area contributed by atoms with Gasteiger partial charge < -0.3 is 10.1 Å². The number of halogens is 1. The maximum atomic E-state index is 6.17. The van der Waals surface area contributed by atoms with Crippen LogP contribution in [0.3, 0.4) is 0 Å². The highest BCUT2D eigenvalue weighted by Gasteiger charge is 2.12. The zero-order valence-corrected chi connectivity index (χ0v) is 12.9. The monoisotopic (exact) mass is 291 g/mol. The van der Waals surface area contributed by atoms with Crippen LogP contribution in [0.4, 0.5) is 5.82 Å². The van der Waals surface area contributed by atoms with E-state index in [0.29, 0.717) is 5.88 Å². The van der Waals surface area contributed by atoms with Gasteiger partial charge in [0, 0.05) is 12.1 Å². The molecule has 4 nitrogen and oxygen atoms in total. The molecule has 0 fully saturated rings. The first-order chi connectivity index (χ1) is 9.56. The SMILES string of the molecule is CCc1c(NC)ncnc1Oc1cc(C)c(Cl)c(C)c1. The predicted octanol–water partition coefficient (Wildman–Crippen LogP) is 4.14. The quantitative estimate of drug-likeness (QED) is 0.919. The van der Waals surface area contributed by atoms with Gasteiger partial charge in [0.15, 0.2) is 0 Å². The van der Waals surface area contributed by atoms with E-state index in [9.17, 15) is 0 Å². The van der Waals surface area contributed by atoms with Crippen LogP contribution in [-0.2, 0) is 6.42 Å². The largest absolute Gasteiger partial charge is 0.439 e. The Hall–Kier alpha value is -1.81. The smallest absolute Gasteiger partial charge is 0.227 e. The number of aromatic nitrogens is 2. The van der Waals surface area contributed by atoms with Crippen LogP contribution >= 0.6 is 11.6 Å². The van der Waals surface area contributed by atoms with Crippen molar-refractivity contribution in [1.82, 2.24) is 9.97 Å². The Morgan fingerprint density at radius 1 is 1.20 bits per heavy atom. The number of rotatable bonds is 4. The molecule has 0 radical (unpaired) electrons. The fourth-order valence-electron chi connectivity index (χ4n) is 2.09. The zero-order chi connectivity index (χ0) is 14.7. The zero-order valence-electron chi connectivity index (χ0n) is 12.1. The van der Waals surface area contributed by atoms with Gasteiger partial charge in [0.25, 0.3) is 0 Å². The van der Waals surface area contributed by atoms with Crippen molar-refractivity contribution < 1.29 is 4.74 Å². The van der Waals surface area contributed by atoms with Crippen LogP contribution in [0.1, 0.15) is 23.6 Å². The van der Waals surface area contributed by atoms with Crippen LogP contribution in [0.25, 0.3) is 0 Å². The van der Waals surface area contributed by atoms with Gasteiger partial charge in [-0.2, -0.15) is 0 Å². The molecule has 0 aliphatic carbocycles. The Kier molecular flexibility index (Phi) is 4.45. The standard InChI is InChI=1S/C15H18ClN3O/c1-5-12-14(17-4)18-8-19-15(12)20-11-6-9(2)13(16)10(3)7-11/h6-8H,5H2,1-4H3,(H,17,18,19). The maximum absolute atomic E-state index is 6.17. The number of hydrogen-bond acceptors (Lipinski definition) is 4. The molecule has 0 unspecified atom stereocenters. The van der Waals surface area contributed by atoms with Crippen molar-refractivity contribution >= 4 is 17.4 Å². The van der Waals surface area contributed by atoms with Gasteiger partial charge in [-0.25, -0.2) is 9.97 Å². The normalized spacial score (nSPS) is 10.4. The van der Waals surface area contributed by atoms with E-state index in [4.69, 9.17) is 16.3 Å². The molecule has 20 heavy (non-hydrogen) atoms. The van der Waals surface area contributed by atoms with Crippen molar-refractivity contribution in [3.05, 3.63) is 40.2 Å². The van der Waals surface area contributed by atoms with Crippen molar-refractivity contribution in [3.63, 3.8) is 0 Å². The first-order valence-corrected chi connectivity index (χ1v) is 6.90. The minimum atomic E-state index is 0.577. The molecule has 106 valence electrons. The van der Waals surface area contributed by atoms with Crippen LogP contribution in [0.15, 0.2) is 18.5 Å².